The number of benzene rings is 1. The van der Waals surface area contributed by atoms with E-state index in [1.165, 1.54) is 63.1 Å². The van der Waals surface area contributed by atoms with Crippen LogP contribution in [0.1, 0.15) is 76.2 Å². The second kappa shape index (κ2) is 9.30. The summed E-state index contributed by atoms with van der Waals surface area (Å²) in [5, 5.41) is 0. The summed E-state index contributed by atoms with van der Waals surface area (Å²) < 4.78 is 26.6. The van der Waals surface area contributed by atoms with Crippen LogP contribution >= 0.6 is 0 Å². The molecule has 0 spiro atoms. The van der Waals surface area contributed by atoms with Crippen LogP contribution in [0.2, 0.25) is 12.1 Å². The van der Waals surface area contributed by atoms with Gasteiger partial charge in [0.15, 0.2) is 11.6 Å². The average Bonchev–Trinajstić information content (AvgIpc) is 2.65. The second-order valence-electron chi connectivity index (χ2n) is 8.56. The minimum absolute atomic E-state index is 0.226. The highest BCUT2D eigenvalue weighted by Crippen LogP contribution is 2.44. The first-order valence-corrected chi connectivity index (χ1v) is 12.6. The molecule has 0 nitrogen and oxygen atoms in total. The molecule has 0 radical (unpaired) electrons. The van der Waals surface area contributed by atoms with Crippen molar-refractivity contribution in [3.05, 3.63) is 35.4 Å². The Kier molecular flexibility index (Phi) is 7.09. The van der Waals surface area contributed by atoms with E-state index in [1.54, 1.807) is 12.1 Å². The van der Waals surface area contributed by atoms with Crippen molar-refractivity contribution in [3.63, 3.8) is 0 Å². The van der Waals surface area contributed by atoms with Gasteiger partial charge in [-0.2, -0.15) is 0 Å². The smallest absolute Gasteiger partial charge is 0.159 e. The molecular weight excluding hydrogens is 330 g/mol. The predicted octanol–water partition coefficient (Wildman–Crippen LogP) is 6.46. The topological polar surface area (TPSA) is 0 Å². The van der Waals surface area contributed by atoms with Crippen molar-refractivity contribution >= 4 is 9.52 Å². The molecule has 0 heterocycles. The molecule has 0 aromatic heterocycles. The van der Waals surface area contributed by atoms with E-state index in [2.05, 4.69) is 6.92 Å². The first kappa shape index (κ1) is 19.1. The number of hydrogen-bond acceptors (Lipinski definition) is 0. The van der Waals surface area contributed by atoms with Crippen molar-refractivity contribution in [1.82, 2.24) is 0 Å². The van der Waals surface area contributed by atoms with Gasteiger partial charge in [-0.1, -0.05) is 44.3 Å². The van der Waals surface area contributed by atoms with Gasteiger partial charge < -0.3 is 0 Å². The second-order valence-corrected chi connectivity index (χ2v) is 10.6. The molecule has 2 saturated carbocycles. The Hall–Kier alpha value is -0.703. The fraction of sp³-hybridized carbons (Fsp3) is 0.727. The highest BCUT2D eigenvalue weighted by atomic mass is 28.2. The summed E-state index contributed by atoms with van der Waals surface area (Å²) in [6.45, 7) is 2.32. The summed E-state index contributed by atoms with van der Waals surface area (Å²) >= 11 is 0. The molecule has 0 unspecified atom stereocenters. The van der Waals surface area contributed by atoms with Gasteiger partial charge in [0.2, 0.25) is 0 Å². The molecule has 0 amide bonds. The Labute approximate surface area is 154 Å². The Morgan fingerprint density at radius 3 is 2.12 bits per heavy atom. The molecule has 0 N–H and O–H groups in total. The summed E-state index contributed by atoms with van der Waals surface area (Å²) in [5.74, 6) is 1.89. The van der Waals surface area contributed by atoms with Gasteiger partial charge in [0, 0.05) is 9.52 Å². The van der Waals surface area contributed by atoms with Crippen LogP contribution in [0.15, 0.2) is 18.2 Å². The molecule has 0 aliphatic heterocycles. The van der Waals surface area contributed by atoms with Crippen LogP contribution in [0, 0.1) is 29.4 Å². The lowest BCUT2D eigenvalue weighted by Crippen LogP contribution is -2.25. The lowest BCUT2D eigenvalue weighted by molar-refractivity contribution is 0.165. The Bertz CT molecular complexity index is 529. The van der Waals surface area contributed by atoms with E-state index in [4.69, 9.17) is 0 Å². The van der Waals surface area contributed by atoms with Crippen molar-refractivity contribution in [2.45, 2.75) is 82.7 Å². The molecule has 1 aromatic carbocycles. The molecule has 2 aliphatic carbocycles. The molecule has 140 valence electrons. The van der Waals surface area contributed by atoms with E-state index < -0.39 is 11.6 Å². The Balaban J connectivity index is 1.43. The Morgan fingerprint density at radius 2 is 1.52 bits per heavy atom. The average molecular weight is 365 g/mol. The van der Waals surface area contributed by atoms with Crippen molar-refractivity contribution in [2.75, 3.05) is 0 Å². The summed E-state index contributed by atoms with van der Waals surface area (Å²) in [6, 6.07) is 7.62. The van der Waals surface area contributed by atoms with Crippen molar-refractivity contribution in [3.8, 4) is 0 Å². The third-order valence-electron chi connectivity index (χ3n) is 6.96. The van der Waals surface area contributed by atoms with Gasteiger partial charge in [-0.05, 0) is 79.9 Å². The molecule has 3 heteroatoms. The van der Waals surface area contributed by atoms with E-state index in [0.29, 0.717) is 5.92 Å². The monoisotopic (exact) mass is 364 g/mol. The van der Waals surface area contributed by atoms with Crippen LogP contribution < -0.4 is 0 Å². The summed E-state index contributed by atoms with van der Waals surface area (Å²) in [6.07, 6.45) is 12.1. The van der Waals surface area contributed by atoms with Crippen LogP contribution in [0.4, 0.5) is 8.78 Å². The zero-order valence-electron chi connectivity index (χ0n) is 15.8. The van der Waals surface area contributed by atoms with Gasteiger partial charge >= 0.3 is 0 Å². The van der Waals surface area contributed by atoms with Gasteiger partial charge in [0.05, 0.1) is 0 Å². The molecule has 0 bridgehead atoms. The van der Waals surface area contributed by atoms with Gasteiger partial charge in [-0.15, -0.1) is 0 Å². The lowest BCUT2D eigenvalue weighted by Gasteiger charge is -2.38. The van der Waals surface area contributed by atoms with Crippen molar-refractivity contribution < 1.29 is 8.78 Å². The number of halogens is 2. The molecule has 25 heavy (non-hydrogen) atoms. The fourth-order valence-corrected chi connectivity index (χ4v) is 7.26. The fourth-order valence-electron chi connectivity index (χ4n) is 5.32. The molecule has 2 aliphatic rings. The van der Waals surface area contributed by atoms with Crippen LogP contribution in [0.5, 0.6) is 0 Å². The number of hydrogen-bond donors (Lipinski definition) is 0. The highest BCUT2D eigenvalue weighted by molar-refractivity contribution is 6.35. The van der Waals surface area contributed by atoms with Crippen LogP contribution in [-0.4, -0.2) is 9.52 Å². The first-order chi connectivity index (χ1) is 12.2. The summed E-state index contributed by atoms with van der Waals surface area (Å²) in [7, 11) is 0.226. The molecule has 0 atom stereocenters. The minimum atomic E-state index is -0.726. The van der Waals surface area contributed by atoms with E-state index in [9.17, 15) is 8.78 Å². The van der Waals surface area contributed by atoms with Gasteiger partial charge in [0.1, 0.15) is 0 Å². The maximum absolute atomic E-state index is 13.5. The van der Waals surface area contributed by atoms with Gasteiger partial charge in [-0.3, -0.25) is 0 Å². The lowest BCUT2D eigenvalue weighted by atomic mass is 9.68. The molecule has 1 aromatic rings. The van der Waals surface area contributed by atoms with Crippen LogP contribution in [-0.2, 0) is 0 Å². The number of rotatable bonds is 6. The highest BCUT2D eigenvalue weighted by Gasteiger charge is 2.31. The SMILES string of the molecule is CCC[SiH2]C[C@H]1CC[C@H]([C@H]2CC[C@H](c3ccc(F)c(F)c3)CC2)CC1. The van der Waals surface area contributed by atoms with Crippen LogP contribution in [0.25, 0.3) is 0 Å². The van der Waals surface area contributed by atoms with Crippen LogP contribution in [0.3, 0.4) is 0 Å². The molecule has 0 saturated heterocycles. The quantitative estimate of drug-likeness (QED) is 0.401. The molecule has 2 fully saturated rings. The summed E-state index contributed by atoms with van der Waals surface area (Å²) in [5.41, 5.74) is 1.00. The minimum Gasteiger partial charge on any atom is -0.204 e. The maximum atomic E-state index is 13.5. The maximum Gasteiger partial charge on any atom is 0.159 e. The standard InChI is InChI=1S/C22H34F2Si/c1-2-13-25-15-16-3-5-17(6-4-16)18-7-9-19(10-8-18)20-11-12-21(23)22(24)14-20/h11-12,14,16-19H,2-10,13,15,25H2,1H3/t16-,17-,18-,19-. The van der Waals surface area contributed by atoms with E-state index in [-0.39, 0.29) is 9.52 Å². The third-order valence-corrected chi connectivity index (χ3v) is 9.39. The van der Waals surface area contributed by atoms with E-state index >= 15 is 0 Å². The first-order valence-electron chi connectivity index (χ1n) is 10.6. The van der Waals surface area contributed by atoms with Gasteiger partial charge in [-0.25, -0.2) is 8.78 Å². The van der Waals surface area contributed by atoms with Crippen molar-refractivity contribution in [1.29, 1.82) is 0 Å². The zero-order chi connectivity index (χ0) is 17.6. The zero-order valence-corrected chi connectivity index (χ0v) is 17.2. The largest absolute Gasteiger partial charge is 0.204 e. The van der Waals surface area contributed by atoms with Crippen molar-refractivity contribution in [2.24, 2.45) is 17.8 Å². The van der Waals surface area contributed by atoms with Gasteiger partial charge in [0.25, 0.3) is 0 Å². The predicted molar refractivity (Wildman–Crippen MR) is 105 cm³/mol. The molecular formula is C22H34F2Si. The Morgan fingerprint density at radius 1 is 0.880 bits per heavy atom. The van der Waals surface area contributed by atoms with E-state index in [1.807, 2.05) is 0 Å². The summed E-state index contributed by atoms with van der Waals surface area (Å²) in [4.78, 5) is 0. The molecule has 3 rings (SSSR count). The normalized spacial score (nSPS) is 30.8. The van der Waals surface area contributed by atoms with E-state index in [0.717, 1.165) is 36.2 Å². The third kappa shape index (κ3) is 5.15.